The molecule has 1 heterocycles. The van der Waals surface area contributed by atoms with Crippen molar-refractivity contribution in [3.8, 4) is 0 Å². The number of halogens is 1. The van der Waals surface area contributed by atoms with Gasteiger partial charge in [0.25, 0.3) is 0 Å². The Kier molecular flexibility index (Phi) is 3.98. The summed E-state index contributed by atoms with van der Waals surface area (Å²) in [5.74, 6) is -0.132. The first kappa shape index (κ1) is 13.8. The molecule has 0 aliphatic rings. The smallest absolute Gasteiger partial charge is 0.240 e. The first-order chi connectivity index (χ1) is 7.69. The number of hydrogen-bond acceptors (Lipinski definition) is 3. The molecule has 0 spiro atoms. The van der Waals surface area contributed by atoms with Crippen molar-refractivity contribution in [2.24, 2.45) is 0 Å². The molecule has 0 saturated carbocycles. The van der Waals surface area contributed by atoms with Crippen molar-refractivity contribution in [2.75, 3.05) is 5.73 Å². The van der Waals surface area contributed by atoms with E-state index in [1.165, 1.54) is 6.20 Å². The number of nitrogens with two attached hydrogens (primary N) is 1. The third kappa shape index (κ3) is 4.22. The highest BCUT2D eigenvalue weighted by Gasteiger charge is 2.14. The summed E-state index contributed by atoms with van der Waals surface area (Å²) < 4.78 is 1.92. The second-order valence-electron chi connectivity index (χ2n) is 4.86. The molecule has 0 fully saturated rings. The number of carbonyl (C=O) groups excluding carboxylic acids is 1. The van der Waals surface area contributed by atoms with Gasteiger partial charge in [-0.3, -0.25) is 9.59 Å². The van der Waals surface area contributed by atoms with Gasteiger partial charge in [-0.15, -0.1) is 0 Å². The summed E-state index contributed by atoms with van der Waals surface area (Å²) in [4.78, 5) is 23.0. The molecule has 0 saturated heterocycles. The molecule has 0 aromatic carbocycles. The maximum atomic E-state index is 11.7. The Balaban J connectivity index is 2.83. The fourth-order valence-electron chi connectivity index (χ4n) is 1.33. The van der Waals surface area contributed by atoms with Crippen LogP contribution in [0.5, 0.6) is 0 Å². The van der Waals surface area contributed by atoms with Gasteiger partial charge in [-0.25, -0.2) is 0 Å². The Bertz CT molecular complexity index is 462. The van der Waals surface area contributed by atoms with Gasteiger partial charge in [-0.05, 0) is 36.7 Å². The third-order valence-corrected chi connectivity index (χ3v) is 2.47. The normalized spacial score (nSPS) is 11.3. The summed E-state index contributed by atoms with van der Waals surface area (Å²) in [6.07, 6.45) is 3.00. The predicted octanol–water partition coefficient (Wildman–Crippen LogP) is 1.11. The standard InChI is InChI=1S/C11H16BrN3O2/c1-11(2,3)14-9(16)6-15-4-7(12)10(17)8(13)5-15/h4-5H,6,13H2,1-3H3,(H,14,16). The van der Waals surface area contributed by atoms with Crippen molar-refractivity contribution in [2.45, 2.75) is 32.9 Å². The van der Waals surface area contributed by atoms with Crippen LogP contribution in [0.4, 0.5) is 5.69 Å². The second-order valence-corrected chi connectivity index (χ2v) is 5.72. The molecule has 0 unspecified atom stereocenters. The molecule has 0 bridgehead atoms. The quantitative estimate of drug-likeness (QED) is 0.859. The van der Waals surface area contributed by atoms with Crippen molar-refractivity contribution in [1.82, 2.24) is 9.88 Å². The van der Waals surface area contributed by atoms with E-state index in [1.54, 1.807) is 10.8 Å². The minimum absolute atomic E-state index is 0.114. The second kappa shape index (κ2) is 4.91. The number of anilines is 1. The van der Waals surface area contributed by atoms with Crippen LogP contribution in [0.25, 0.3) is 0 Å². The summed E-state index contributed by atoms with van der Waals surface area (Å²) in [5, 5.41) is 2.83. The summed E-state index contributed by atoms with van der Waals surface area (Å²) >= 11 is 3.10. The molecular weight excluding hydrogens is 286 g/mol. The highest BCUT2D eigenvalue weighted by Crippen LogP contribution is 2.06. The number of carbonyl (C=O) groups is 1. The van der Waals surface area contributed by atoms with Crippen LogP contribution in [0, 0.1) is 0 Å². The van der Waals surface area contributed by atoms with Gasteiger partial charge in [0.05, 0.1) is 10.2 Å². The molecule has 1 aromatic heterocycles. The van der Waals surface area contributed by atoms with E-state index in [4.69, 9.17) is 5.73 Å². The van der Waals surface area contributed by atoms with E-state index in [9.17, 15) is 9.59 Å². The molecule has 0 aliphatic carbocycles. The van der Waals surface area contributed by atoms with Crippen LogP contribution in [0.1, 0.15) is 20.8 Å². The Hall–Kier alpha value is -1.30. The topological polar surface area (TPSA) is 77.1 Å². The van der Waals surface area contributed by atoms with E-state index in [2.05, 4.69) is 21.2 Å². The Morgan fingerprint density at radius 1 is 1.47 bits per heavy atom. The van der Waals surface area contributed by atoms with Crippen LogP contribution in [-0.2, 0) is 11.3 Å². The Morgan fingerprint density at radius 2 is 2.06 bits per heavy atom. The minimum Gasteiger partial charge on any atom is -0.394 e. The molecule has 0 aliphatic heterocycles. The van der Waals surface area contributed by atoms with Crippen LogP contribution in [0.2, 0.25) is 0 Å². The van der Waals surface area contributed by atoms with Gasteiger partial charge in [0, 0.05) is 17.9 Å². The van der Waals surface area contributed by atoms with Crippen molar-refractivity contribution >= 4 is 27.5 Å². The van der Waals surface area contributed by atoms with Crippen LogP contribution >= 0.6 is 15.9 Å². The van der Waals surface area contributed by atoms with Gasteiger partial charge in [-0.2, -0.15) is 0 Å². The van der Waals surface area contributed by atoms with Gasteiger partial charge in [0.1, 0.15) is 6.54 Å². The van der Waals surface area contributed by atoms with Crippen molar-refractivity contribution in [3.05, 3.63) is 27.1 Å². The van der Waals surface area contributed by atoms with E-state index < -0.39 is 0 Å². The molecule has 1 amide bonds. The van der Waals surface area contributed by atoms with Crippen LogP contribution in [-0.4, -0.2) is 16.0 Å². The summed E-state index contributed by atoms with van der Waals surface area (Å²) in [7, 11) is 0. The fraction of sp³-hybridized carbons (Fsp3) is 0.455. The van der Waals surface area contributed by atoms with Crippen LogP contribution in [0.3, 0.4) is 0 Å². The molecule has 1 aromatic rings. The lowest BCUT2D eigenvalue weighted by atomic mass is 10.1. The van der Waals surface area contributed by atoms with Gasteiger partial charge in [0.2, 0.25) is 11.3 Å². The zero-order valence-corrected chi connectivity index (χ0v) is 11.7. The first-order valence-corrected chi connectivity index (χ1v) is 5.94. The number of pyridine rings is 1. The lowest BCUT2D eigenvalue weighted by Crippen LogP contribution is -2.42. The van der Waals surface area contributed by atoms with Crippen molar-refractivity contribution < 1.29 is 4.79 Å². The lowest BCUT2D eigenvalue weighted by Gasteiger charge is -2.21. The van der Waals surface area contributed by atoms with Crippen molar-refractivity contribution in [1.29, 1.82) is 0 Å². The van der Waals surface area contributed by atoms with Crippen LogP contribution < -0.4 is 16.5 Å². The molecule has 1 rings (SSSR count). The van der Waals surface area contributed by atoms with Crippen molar-refractivity contribution in [3.63, 3.8) is 0 Å². The number of nitrogen functional groups attached to an aromatic ring is 1. The highest BCUT2D eigenvalue weighted by molar-refractivity contribution is 9.10. The van der Waals surface area contributed by atoms with Gasteiger partial charge < -0.3 is 15.6 Å². The number of amides is 1. The predicted molar refractivity (Wildman–Crippen MR) is 70.7 cm³/mol. The van der Waals surface area contributed by atoms with Gasteiger partial charge >= 0.3 is 0 Å². The average molecular weight is 302 g/mol. The molecule has 3 N–H and O–H groups in total. The zero-order valence-electron chi connectivity index (χ0n) is 10.1. The Labute approximate surface area is 108 Å². The van der Waals surface area contributed by atoms with E-state index >= 15 is 0 Å². The van der Waals surface area contributed by atoms with E-state index in [-0.39, 0.29) is 29.1 Å². The first-order valence-electron chi connectivity index (χ1n) is 5.15. The summed E-state index contributed by atoms with van der Waals surface area (Å²) in [6, 6.07) is 0. The van der Waals surface area contributed by atoms with E-state index in [1.807, 2.05) is 20.8 Å². The molecule has 6 heteroatoms. The largest absolute Gasteiger partial charge is 0.394 e. The van der Waals surface area contributed by atoms with E-state index in [0.717, 1.165) is 0 Å². The Morgan fingerprint density at radius 3 is 2.53 bits per heavy atom. The zero-order chi connectivity index (χ0) is 13.2. The lowest BCUT2D eigenvalue weighted by molar-refractivity contribution is -0.123. The van der Waals surface area contributed by atoms with Gasteiger partial charge in [-0.1, -0.05) is 0 Å². The molecule has 17 heavy (non-hydrogen) atoms. The number of nitrogens with one attached hydrogen (secondary N) is 1. The minimum atomic E-state index is -0.279. The fourth-order valence-corrected chi connectivity index (χ4v) is 1.82. The monoisotopic (exact) mass is 301 g/mol. The number of rotatable bonds is 2. The SMILES string of the molecule is CC(C)(C)NC(=O)Cn1cc(N)c(=O)c(Br)c1. The molecular formula is C11H16BrN3O2. The third-order valence-electron chi connectivity index (χ3n) is 1.90. The number of nitrogens with zero attached hydrogens (tertiary/aromatic N) is 1. The van der Waals surface area contributed by atoms with E-state index in [0.29, 0.717) is 4.47 Å². The molecule has 0 radical (unpaired) electrons. The van der Waals surface area contributed by atoms with Crippen LogP contribution in [0.15, 0.2) is 21.7 Å². The molecule has 0 atom stereocenters. The maximum Gasteiger partial charge on any atom is 0.240 e. The molecule has 94 valence electrons. The summed E-state index contributed by atoms with van der Waals surface area (Å²) in [5.41, 5.74) is 5.10. The maximum absolute atomic E-state index is 11.7. The van der Waals surface area contributed by atoms with Gasteiger partial charge in [0.15, 0.2) is 0 Å². The number of hydrogen-bond donors (Lipinski definition) is 2. The number of aromatic nitrogens is 1. The molecule has 5 nitrogen and oxygen atoms in total. The summed E-state index contributed by atoms with van der Waals surface area (Å²) in [6.45, 7) is 5.84. The average Bonchev–Trinajstić information content (AvgIpc) is 2.10. The highest BCUT2D eigenvalue weighted by atomic mass is 79.9.